The fourth-order valence-corrected chi connectivity index (χ4v) is 2.99. The number of amides is 1. The van der Waals surface area contributed by atoms with Gasteiger partial charge in [0.1, 0.15) is 11.6 Å². The second-order valence-corrected chi connectivity index (χ2v) is 5.95. The van der Waals surface area contributed by atoms with E-state index in [0.29, 0.717) is 24.9 Å². The first-order valence-electron chi connectivity index (χ1n) is 7.80. The van der Waals surface area contributed by atoms with Crippen LogP contribution in [0.5, 0.6) is 0 Å². The summed E-state index contributed by atoms with van der Waals surface area (Å²) in [6.07, 6.45) is 2.97. The third kappa shape index (κ3) is 3.27. The number of aromatic nitrogens is 2. The molecule has 0 bridgehead atoms. The van der Waals surface area contributed by atoms with Crippen LogP contribution in [-0.2, 0) is 18.4 Å². The Morgan fingerprint density at radius 1 is 1.43 bits per heavy atom. The summed E-state index contributed by atoms with van der Waals surface area (Å²) in [5.41, 5.74) is 1.59. The second-order valence-electron chi connectivity index (χ2n) is 5.95. The number of carbonyl (C=O) groups is 1. The predicted octanol–water partition coefficient (Wildman–Crippen LogP) is 1.98. The molecule has 3 rings (SSSR count). The monoisotopic (exact) mass is 316 g/mol. The highest BCUT2D eigenvalue weighted by Crippen LogP contribution is 2.26. The molecule has 23 heavy (non-hydrogen) atoms. The van der Waals surface area contributed by atoms with Crippen molar-refractivity contribution < 1.29 is 9.18 Å². The van der Waals surface area contributed by atoms with E-state index in [4.69, 9.17) is 0 Å². The van der Waals surface area contributed by atoms with Crippen molar-refractivity contribution in [2.45, 2.75) is 38.4 Å². The van der Waals surface area contributed by atoms with Crippen molar-refractivity contribution in [2.24, 2.45) is 7.05 Å². The van der Waals surface area contributed by atoms with Crippen molar-refractivity contribution in [1.29, 1.82) is 0 Å². The van der Waals surface area contributed by atoms with Crippen LogP contribution in [0, 0.1) is 12.7 Å². The number of rotatable bonds is 4. The van der Waals surface area contributed by atoms with Gasteiger partial charge in [0.2, 0.25) is 5.91 Å². The zero-order chi connectivity index (χ0) is 16.4. The maximum absolute atomic E-state index is 14.1. The van der Waals surface area contributed by atoms with E-state index >= 15 is 0 Å². The molecule has 122 valence electrons. The van der Waals surface area contributed by atoms with Crippen LogP contribution in [0.4, 0.5) is 4.39 Å². The molecular formula is C17H21FN4O. The average Bonchev–Trinajstić information content (AvgIpc) is 2.86. The molecule has 2 aromatic rings. The molecule has 1 aromatic carbocycles. The molecule has 1 aliphatic heterocycles. The molecule has 2 atom stereocenters. The van der Waals surface area contributed by atoms with Gasteiger partial charge in [0.15, 0.2) is 0 Å². The summed E-state index contributed by atoms with van der Waals surface area (Å²) in [5.74, 6) is 0.625. The van der Waals surface area contributed by atoms with Crippen molar-refractivity contribution in [2.75, 3.05) is 0 Å². The Kier molecular flexibility index (Phi) is 4.43. The minimum Gasteiger partial charge on any atom is -0.348 e. The van der Waals surface area contributed by atoms with Gasteiger partial charge >= 0.3 is 0 Å². The van der Waals surface area contributed by atoms with Crippen LogP contribution in [0.3, 0.4) is 0 Å². The molecule has 0 unspecified atom stereocenters. The molecule has 6 heteroatoms. The summed E-state index contributed by atoms with van der Waals surface area (Å²) in [7, 11) is 1.97. The number of hydrogen-bond acceptors (Lipinski definition) is 3. The minimum absolute atomic E-state index is 0.0141. The number of carbonyl (C=O) groups excluding carboxylic acids is 1. The first kappa shape index (κ1) is 15.7. The van der Waals surface area contributed by atoms with Gasteiger partial charge in [-0.15, -0.1) is 0 Å². The van der Waals surface area contributed by atoms with Crippen molar-refractivity contribution >= 4 is 5.91 Å². The van der Waals surface area contributed by atoms with Crippen molar-refractivity contribution in [1.82, 2.24) is 20.2 Å². The predicted molar refractivity (Wildman–Crippen MR) is 85.1 cm³/mol. The number of benzene rings is 1. The standard InChI is InChI=1S/C17H21FN4O/c1-11-19-9-12(22(11)2)10-20-15-7-8-16(23)21-17(15)13-5-3-4-6-14(13)18/h3-6,9,15,17,20H,7-8,10H2,1-2H3,(H,21,23)/t15-,17+/m1/s1. The van der Waals surface area contributed by atoms with E-state index in [1.165, 1.54) is 6.07 Å². The fraction of sp³-hybridized carbons (Fsp3) is 0.412. The lowest BCUT2D eigenvalue weighted by molar-refractivity contribution is -0.123. The highest BCUT2D eigenvalue weighted by molar-refractivity contribution is 5.77. The Hall–Kier alpha value is -2.21. The largest absolute Gasteiger partial charge is 0.348 e. The Morgan fingerprint density at radius 2 is 2.22 bits per heavy atom. The molecule has 1 amide bonds. The number of piperidine rings is 1. The van der Waals surface area contributed by atoms with Gasteiger partial charge in [0.25, 0.3) is 0 Å². The zero-order valence-electron chi connectivity index (χ0n) is 13.3. The highest BCUT2D eigenvalue weighted by atomic mass is 19.1. The number of halogens is 1. The summed E-state index contributed by atoms with van der Waals surface area (Å²) in [6, 6.07) is 6.24. The van der Waals surface area contributed by atoms with E-state index in [9.17, 15) is 9.18 Å². The van der Waals surface area contributed by atoms with Crippen LogP contribution in [0.15, 0.2) is 30.5 Å². The second kappa shape index (κ2) is 6.50. The quantitative estimate of drug-likeness (QED) is 0.907. The molecule has 1 aliphatic rings. The van der Waals surface area contributed by atoms with E-state index in [1.54, 1.807) is 18.2 Å². The van der Waals surface area contributed by atoms with Gasteiger partial charge in [-0.3, -0.25) is 4.79 Å². The molecular weight excluding hydrogens is 295 g/mol. The van der Waals surface area contributed by atoms with Gasteiger partial charge in [0.05, 0.1) is 11.7 Å². The Balaban J connectivity index is 1.77. The van der Waals surface area contributed by atoms with Crippen LogP contribution < -0.4 is 10.6 Å². The molecule has 0 saturated carbocycles. The normalized spacial score (nSPS) is 21.3. The first-order valence-corrected chi connectivity index (χ1v) is 7.80. The molecule has 0 radical (unpaired) electrons. The van der Waals surface area contributed by atoms with E-state index < -0.39 is 0 Å². The van der Waals surface area contributed by atoms with E-state index in [1.807, 2.05) is 24.7 Å². The molecule has 0 aliphatic carbocycles. The van der Waals surface area contributed by atoms with Crippen molar-refractivity contribution in [3.05, 3.63) is 53.4 Å². The summed E-state index contributed by atoms with van der Waals surface area (Å²) in [5, 5.41) is 6.36. The van der Waals surface area contributed by atoms with E-state index in [0.717, 1.165) is 11.5 Å². The van der Waals surface area contributed by atoms with Crippen LogP contribution in [-0.4, -0.2) is 21.5 Å². The molecule has 0 spiro atoms. The number of imidazole rings is 1. The highest BCUT2D eigenvalue weighted by Gasteiger charge is 2.31. The summed E-state index contributed by atoms with van der Waals surface area (Å²) in [6.45, 7) is 2.58. The third-order valence-corrected chi connectivity index (χ3v) is 4.50. The zero-order valence-corrected chi connectivity index (χ0v) is 13.3. The van der Waals surface area contributed by atoms with Gasteiger partial charge in [0, 0.05) is 37.8 Å². The van der Waals surface area contributed by atoms with Gasteiger partial charge in [-0.2, -0.15) is 0 Å². The lowest BCUT2D eigenvalue weighted by Crippen LogP contribution is -2.48. The third-order valence-electron chi connectivity index (χ3n) is 4.50. The molecule has 2 N–H and O–H groups in total. The van der Waals surface area contributed by atoms with Crippen LogP contribution in [0.25, 0.3) is 0 Å². The number of aryl methyl sites for hydroxylation is 1. The number of nitrogens with one attached hydrogen (secondary N) is 2. The van der Waals surface area contributed by atoms with Crippen molar-refractivity contribution in [3.8, 4) is 0 Å². The maximum atomic E-state index is 14.1. The lowest BCUT2D eigenvalue weighted by Gasteiger charge is -2.33. The average molecular weight is 316 g/mol. The van der Waals surface area contributed by atoms with E-state index in [2.05, 4.69) is 15.6 Å². The molecule has 2 heterocycles. The fourth-order valence-electron chi connectivity index (χ4n) is 2.99. The van der Waals surface area contributed by atoms with Crippen LogP contribution >= 0.6 is 0 Å². The summed E-state index contributed by atoms with van der Waals surface area (Å²) in [4.78, 5) is 16.0. The topological polar surface area (TPSA) is 59.0 Å². The Morgan fingerprint density at radius 3 is 2.91 bits per heavy atom. The van der Waals surface area contributed by atoms with Gasteiger partial charge in [-0.1, -0.05) is 18.2 Å². The molecule has 1 aromatic heterocycles. The Bertz CT molecular complexity index is 712. The van der Waals surface area contributed by atoms with Gasteiger partial charge < -0.3 is 15.2 Å². The van der Waals surface area contributed by atoms with Crippen molar-refractivity contribution in [3.63, 3.8) is 0 Å². The number of nitrogens with zero attached hydrogens (tertiary/aromatic N) is 2. The maximum Gasteiger partial charge on any atom is 0.220 e. The van der Waals surface area contributed by atoms with Gasteiger partial charge in [-0.05, 0) is 19.4 Å². The smallest absolute Gasteiger partial charge is 0.220 e. The molecule has 1 fully saturated rings. The van der Waals surface area contributed by atoms with E-state index in [-0.39, 0.29) is 23.8 Å². The molecule has 5 nitrogen and oxygen atoms in total. The first-order chi connectivity index (χ1) is 11.1. The minimum atomic E-state index is -0.355. The lowest BCUT2D eigenvalue weighted by atomic mass is 9.91. The molecule has 1 saturated heterocycles. The summed E-state index contributed by atoms with van der Waals surface area (Å²) >= 11 is 0. The summed E-state index contributed by atoms with van der Waals surface area (Å²) < 4.78 is 16.1. The van der Waals surface area contributed by atoms with Crippen LogP contribution in [0.2, 0.25) is 0 Å². The van der Waals surface area contributed by atoms with Crippen LogP contribution in [0.1, 0.15) is 36.0 Å². The SMILES string of the molecule is Cc1ncc(CN[C@@H]2CCC(=O)N[C@H]2c2ccccc2F)n1C. The Labute approximate surface area is 134 Å². The number of hydrogen-bond donors (Lipinski definition) is 2. The van der Waals surface area contributed by atoms with Gasteiger partial charge in [-0.25, -0.2) is 9.37 Å².